The second-order valence-electron chi connectivity index (χ2n) is 4.62. The van der Waals surface area contributed by atoms with Gasteiger partial charge in [0.1, 0.15) is 0 Å². The van der Waals surface area contributed by atoms with Gasteiger partial charge < -0.3 is 11.1 Å². The highest BCUT2D eigenvalue weighted by molar-refractivity contribution is 5.62. The molecule has 1 atom stereocenters. The quantitative estimate of drug-likeness (QED) is 0.742. The van der Waals surface area contributed by atoms with Gasteiger partial charge in [-0.3, -0.25) is 0 Å². The van der Waals surface area contributed by atoms with Gasteiger partial charge >= 0.3 is 0 Å². The normalized spacial score (nSPS) is 12.9. The van der Waals surface area contributed by atoms with Gasteiger partial charge in [-0.05, 0) is 36.5 Å². The van der Waals surface area contributed by atoms with E-state index in [4.69, 9.17) is 5.73 Å². The largest absolute Gasteiger partial charge is 0.398 e. The molecule has 15 heavy (non-hydrogen) atoms. The zero-order chi connectivity index (χ0) is 11.4. The van der Waals surface area contributed by atoms with E-state index in [2.05, 4.69) is 39.1 Å². The lowest BCUT2D eigenvalue weighted by Crippen LogP contribution is -2.16. The lowest BCUT2D eigenvalue weighted by Gasteiger charge is -2.18. The first-order valence-corrected chi connectivity index (χ1v) is 5.61. The van der Waals surface area contributed by atoms with Gasteiger partial charge in [-0.2, -0.15) is 0 Å². The minimum absolute atomic E-state index is 0.672. The molecule has 0 amide bonds. The van der Waals surface area contributed by atoms with Gasteiger partial charge in [0.25, 0.3) is 0 Å². The van der Waals surface area contributed by atoms with Gasteiger partial charge in [0.15, 0.2) is 0 Å². The summed E-state index contributed by atoms with van der Waals surface area (Å²) in [6.07, 6.45) is 0. The highest BCUT2D eigenvalue weighted by atomic mass is 14.9. The summed E-state index contributed by atoms with van der Waals surface area (Å²) in [5, 5.41) is 3.45. The lowest BCUT2D eigenvalue weighted by atomic mass is 9.98. The number of benzene rings is 1. The third-order valence-corrected chi connectivity index (χ3v) is 3.13. The van der Waals surface area contributed by atoms with Crippen molar-refractivity contribution in [2.45, 2.75) is 27.7 Å². The molecule has 3 N–H and O–H groups in total. The van der Waals surface area contributed by atoms with Crippen molar-refractivity contribution in [1.29, 1.82) is 0 Å². The van der Waals surface area contributed by atoms with Crippen molar-refractivity contribution < 1.29 is 0 Å². The van der Waals surface area contributed by atoms with Crippen molar-refractivity contribution >= 4 is 11.4 Å². The van der Waals surface area contributed by atoms with Gasteiger partial charge in [0, 0.05) is 17.9 Å². The molecule has 0 aliphatic heterocycles. The van der Waals surface area contributed by atoms with Crippen LogP contribution in [-0.4, -0.2) is 6.54 Å². The van der Waals surface area contributed by atoms with Gasteiger partial charge in [-0.1, -0.05) is 26.8 Å². The molecule has 1 aromatic rings. The molecule has 0 fully saturated rings. The Morgan fingerprint density at radius 1 is 1.27 bits per heavy atom. The molecule has 0 saturated carbocycles. The Bertz CT molecular complexity index is 318. The standard InChI is InChI=1S/C13H22N2/c1-9(2)10(3)8-15-13-7-5-6-12(14)11(13)4/h5-7,9-10,15H,8,14H2,1-4H3. The number of nitrogens with one attached hydrogen (secondary N) is 1. The first-order chi connectivity index (χ1) is 7.02. The van der Waals surface area contributed by atoms with E-state index >= 15 is 0 Å². The van der Waals surface area contributed by atoms with Gasteiger partial charge in [0.05, 0.1) is 0 Å². The fourth-order valence-electron chi connectivity index (χ4n) is 1.35. The molecule has 0 saturated heterocycles. The molecular formula is C13H22N2. The molecule has 0 aromatic heterocycles. The topological polar surface area (TPSA) is 38.0 Å². The number of nitrogens with two attached hydrogens (primary N) is 1. The molecule has 0 spiro atoms. The Morgan fingerprint density at radius 2 is 1.93 bits per heavy atom. The average Bonchev–Trinajstić information content (AvgIpc) is 2.19. The summed E-state index contributed by atoms with van der Waals surface area (Å²) in [7, 11) is 0. The average molecular weight is 206 g/mol. The van der Waals surface area contributed by atoms with Crippen LogP contribution in [0.4, 0.5) is 11.4 Å². The summed E-state index contributed by atoms with van der Waals surface area (Å²) in [5.41, 5.74) is 9.01. The zero-order valence-corrected chi connectivity index (χ0v) is 10.2. The Balaban J connectivity index is 2.62. The van der Waals surface area contributed by atoms with E-state index in [0.717, 1.165) is 23.5 Å². The fraction of sp³-hybridized carbons (Fsp3) is 0.538. The third-order valence-electron chi connectivity index (χ3n) is 3.13. The second-order valence-corrected chi connectivity index (χ2v) is 4.62. The number of hydrogen-bond donors (Lipinski definition) is 2. The van der Waals surface area contributed by atoms with E-state index in [1.807, 2.05) is 12.1 Å². The molecule has 84 valence electrons. The van der Waals surface area contributed by atoms with Crippen LogP contribution in [0.25, 0.3) is 0 Å². The van der Waals surface area contributed by atoms with Gasteiger partial charge in [0.2, 0.25) is 0 Å². The first-order valence-electron chi connectivity index (χ1n) is 5.61. The van der Waals surface area contributed by atoms with E-state index in [1.165, 1.54) is 0 Å². The predicted molar refractivity (Wildman–Crippen MR) is 68.1 cm³/mol. The molecule has 2 nitrogen and oxygen atoms in total. The monoisotopic (exact) mass is 206 g/mol. The van der Waals surface area contributed by atoms with Crippen LogP contribution in [0.3, 0.4) is 0 Å². The van der Waals surface area contributed by atoms with E-state index in [0.29, 0.717) is 11.8 Å². The van der Waals surface area contributed by atoms with Crippen LogP contribution in [0.1, 0.15) is 26.3 Å². The van der Waals surface area contributed by atoms with Crippen molar-refractivity contribution in [1.82, 2.24) is 0 Å². The summed E-state index contributed by atoms with van der Waals surface area (Å²) in [5.74, 6) is 1.38. The van der Waals surface area contributed by atoms with Crippen molar-refractivity contribution in [3.63, 3.8) is 0 Å². The summed E-state index contributed by atoms with van der Waals surface area (Å²) in [4.78, 5) is 0. The Labute approximate surface area is 92.9 Å². The molecule has 0 aliphatic rings. The maximum Gasteiger partial charge on any atom is 0.0390 e. The molecule has 0 bridgehead atoms. The summed E-state index contributed by atoms with van der Waals surface area (Å²) in [6.45, 7) is 9.82. The molecule has 0 heterocycles. The van der Waals surface area contributed by atoms with Crippen LogP contribution in [-0.2, 0) is 0 Å². The highest BCUT2D eigenvalue weighted by Gasteiger charge is 2.07. The summed E-state index contributed by atoms with van der Waals surface area (Å²) < 4.78 is 0. The Hall–Kier alpha value is -1.18. The van der Waals surface area contributed by atoms with Crippen LogP contribution in [0.5, 0.6) is 0 Å². The van der Waals surface area contributed by atoms with Crippen molar-refractivity contribution in [3.8, 4) is 0 Å². The predicted octanol–water partition coefficient (Wildman–Crippen LogP) is 3.28. The Morgan fingerprint density at radius 3 is 2.53 bits per heavy atom. The number of hydrogen-bond acceptors (Lipinski definition) is 2. The Kier molecular flexibility index (Phi) is 4.01. The summed E-state index contributed by atoms with van der Waals surface area (Å²) in [6, 6.07) is 6.01. The van der Waals surface area contributed by atoms with E-state index in [9.17, 15) is 0 Å². The van der Waals surface area contributed by atoms with Crippen LogP contribution in [0.2, 0.25) is 0 Å². The third kappa shape index (κ3) is 3.15. The van der Waals surface area contributed by atoms with Gasteiger partial charge in [-0.25, -0.2) is 0 Å². The number of rotatable bonds is 4. The zero-order valence-electron chi connectivity index (χ0n) is 10.2. The van der Waals surface area contributed by atoms with E-state index < -0.39 is 0 Å². The molecule has 0 radical (unpaired) electrons. The van der Waals surface area contributed by atoms with Crippen LogP contribution in [0, 0.1) is 18.8 Å². The molecular weight excluding hydrogens is 184 g/mol. The van der Waals surface area contributed by atoms with Crippen LogP contribution in [0.15, 0.2) is 18.2 Å². The molecule has 1 aromatic carbocycles. The molecule has 1 unspecified atom stereocenters. The SMILES string of the molecule is Cc1c(N)cccc1NCC(C)C(C)C. The second kappa shape index (κ2) is 5.06. The van der Waals surface area contributed by atoms with Crippen molar-refractivity contribution in [2.24, 2.45) is 11.8 Å². The van der Waals surface area contributed by atoms with Crippen LogP contribution < -0.4 is 11.1 Å². The minimum Gasteiger partial charge on any atom is -0.398 e. The highest BCUT2D eigenvalue weighted by Crippen LogP contribution is 2.21. The van der Waals surface area contributed by atoms with E-state index in [-0.39, 0.29) is 0 Å². The van der Waals surface area contributed by atoms with Crippen molar-refractivity contribution in [2.75, 3.05) is 17.6 Å². The number of nitrogen functional groups attached to an aromatic ring is 1. The summed E-state index contributed by atoms with van der Waals surface area (Å²) >= 11 is 0. The first kappa shape index (κ1) is 11.9. The van der Waals surface area contributed by atoms with Crippen LogP contribution >= 0.6 is 0 Å². The maximum atomic E-state index is 5.85. The fourth-order valence-corrected chi connectivity index (χ4v) is 1.35. The molecule has 0 aliphatic carbocycles. The minimum atomic E-state index is 0.672. The van der Waals surface area contributed by atoms with Gasteiger partial charge in [-0.15, -0.1) is 0 Å². The van der Waals surface area contributed by atoms with Crippen molar-refractivity contribution in [3.05, 3.63) is 23.8 Å². The maximum absolute atomic E-state index is 5.85. The smallest absolute Gasteiger partial charge is 0.0390 e. The lowest BCUT2D eigenvalue weighted by molar-refractivity contribution is 0.439. The molecule has 2 heteroatoms. The van der Waals surface area contributed by atoms with E-state index in [1.54, 1.807) is 0 Å². The molecule has 1 rings (SSSR count). The number of anilines is 2.